The first-order valence-corrected chi connectivity index (χ1v) is 7.15. The van der Waals surface area contributed by atoms with Gasteiger partial charge in [0.15, 0.2) is 0 Å². The molecule has 0 aromatic heterocycles. The number of nitrogens with one attached hydrogen (secondary N) is 2. The van der Waals surface area contributed by atoms with E-state index in [9.17, 15) is 9.59 Å². The fraction of sp³-hybridized carbons (Fsp3) is 0.769. The van der Waals surface area contributed by atoms with Crippen molar-refractivity contribution < 1.29 is 9.59 Å². The minimum Gasteiger partial charge on any atom is -0.333 e. The van der Waals surface area contributed by atoms with Gasteiger partial charge in [0.05, 0.1) is 0 Å². The summed E-state index contributed by atoms with van der Waals surface area (Å²) in [6.07, 6.45) is 5.31. The summed E-state index contributed by atoms with van der Waals surface area (Å²) in [5.74, 6) is -0.0943. The summed E-state index contributed by atoms with van der Waals surface area (Å²) in [5.41, 5.74) is 2.91. The Balaban J connectivity index is 1.69. The lowest BCUT2D eigenvalue weighted by Crippen LogP contribution is -2.49. The molecule has 2 unspecified atom stereocenters. The normalized spacial score (nSPS) is 31.3. The van der Waals surface area contributed by atoms with E-state index in [0.29, 0.717) is 30.6 Å². The molecule has 0 aromatic rings. The zero-order valence-corrected chi connectivity index (χ0v) is 11.0. The Morgan fingerprint density at radius 2 is 2.16 bits per heavy atom. The zero-order chi connectivity index (χ0) is 13.2. The fourth-order valence-corrected chi connectivity index (χ4v) is 3.30. The van der Waals surface area contributed by atoms with Gasteiger partial charge in [-0.15, -0.1) is 0 Å². The molecular weight excluding hydrogens is 244 g/mol. The third-order valence-electron chi connectivity index (χ3n) is 4.27. The second-order valence-corrected chi connectivity index (χ2v) is 5.50. The first kappa shape index (κ1) is 12.6. The molecule has 0 aliphatic carbocycles. The van der Waals surface area contributed by atoms with Gasteiger partial charge in [-0.05, 0) is 32.2 Å². The number of nitrogens with zero attached hydrogens (tertiary/aromatic N) is 2. The third kappa shape index (κ3) is 2.49. The summed E-state index contributed by atoms with van der Waals surface area (Å²) in [5, 5.41) is 7.41. The molecule has 0 bridgehead atoms. The standard InChI is InChI=1S/C13H20N4O2/c18-12-6-5-10(15-16-12)13(19)17-8-2-4-11(17)9-3-1-7-14-9/h9,11,14H,1-8H2,(H,16,18). The Kier molecular flexibility index (Phi) is 3.50. The third-order valence-corrected chi connectivity index (χ3v) is 4.27. The second kappa shape index (κ2) is 5.28. The Labute approximate surface area is 112 Å². The minimum absolute atomic E-state index is 0.0104. The van der Waals surface area contributed by atoms with Crippen LogP contribution in [0.2, 0.25) is 0 Å². The number of hydrogen-bond acceptors (Lipinski definition) is 4. The molecule has 2 N–H and O–H groups in total. The molecule has 3 aliphatic rings. The molecule has 104 valence electrons. The van der Waals surface area contributed by atoms with Crippen molar-refractivity contribution >= 4 is 17.5 Å². The quantitative estimate of drug-likeness (QED) is 0.737. The number of carbonyl (C=O) groups is 2. The largest absolute Gasteiger partial charge is 0.333 e. The lowest BCUT2D eigenvalue weighted by atomic mass is 10.0. The predicted octanol–water partition coefficient (Wildman–Crippen LogP) is -0.00460. The molecular formula is C13H20N4O2. The van der Waals surface area contributed by atoms with E-state index < -0.39 is 0 Å². The topological polar surface area (TPSA) is 73.8 Å². The van der Waals surface area contributed by atoms with Crippen molar-refractivity contribution in [2.75, 3.05) is 13.1 Å². The Morgan fingerprint density at radius 3 is 2.84 bits per heavy atom. The van der Waals surface area contributed by atoms with Crippen LogP contribution in [0.3, 0.4) is 0 Å². The molecule has 3 rings (SSSR count). The van der Waals surface area contributed by atoms with Crippen molar-refractivity contribution in [1.82, 2.24) is 15.6 Å². The number of rotatable bonds is 2. The monoisotopic (exact) mass is 264 g/mol. The Bertz CT molecular complexity index is 415. The van der Waals surface area contributed by atoms with E-state index in [1.165, 1.54) is 6.42 Å². The van der Waals surface area contributed by atoms with Crippen molar-refractivity contribution in [1.29, 1.82) is 0 Å². The van der Waals surface area contributed by atoms with E-state index in [-0.39, 0.29) is 11.8 Å². The van der Waals surface area contributed by atoms with Crippen molar-refractivity contribution in [3.8, 4) is 0 Å². The molecule has 0 radical (unpaired) electrons. The van der Waals surface area contributed by atoms with E-state index in [0.717, 1.165) is 32.4 Å². The van der Waals surface area contributed by atoms with Gasteiger partial charge in [0.2, 0.25) is 5.91 Å². The van der Waals surface area contributed by atoms with Crippen LogP contribution in [0.1, 0.15) is 38.5 Å². The minimum atomic E-state index is -0.105. The highest BCUT2D eigenvalue weighted by molar-refractivity contribution is 6.39. The summed E-state index contributed by atoms with van der Waals surface area (Å²) in [4.78, 5) is 25.5. The van der Waals surface area contributed by atoms with Crippen molar-refractivity contribution in [3.63, 3.8) is 0 Å². The van der Waals surface area contributed by atoms with E-state index in [4.69, 9.17) is 0 Å². The van der Waals surface area contributed by atoms with E-state index >= 15 is 0 Å². The maximum Gasteiger partial charge on any atom is 0.270 e. The van der Waals surface area contributed by atoms with Crippen molar-refractivity contribution in [3.05, 3.63) is 0 Å². The molecule has 2 amide bonds. The van der Waals surface area contributed by atoms with Gasteiger partial charge in [0, 0.05) is 31.5 Å². The average Bonchev–Trinajstić information content (AvgIpc) is 3.09. The smallest absolute Gasteiger partial charge is 0.270 e. The van der Waals surface area contributed by atoms with Crippen LogP contribution in [-0.2, 0) is 9.59 Å². The van der Waals surface area contributed by atoms with Gasteiger partial charge in [-0.2, -0.15) is 5.10 Å². The van der Waals surface area contributed by atoms with Gasteiger partial charge in [-0.1, -0.05) is 0 Å². The number of hydrazone groups is 1. The molecule has 0 spiro atoms. The van der Waals surface area contributed by atoms with Crippen LogP contribution in [0.15, 0.2) is 5.10 Å². The van der Waals surface area contributed by atoms with Crippen molar-refractivity contribution in [2.24, 2.45) is 5.10 Å². The number of carbonyl (C=O) groups excluding carboxylic acids is 2. The van der Waals surface area contributed by atoms with E-state index in [2.05, 4.69) is 15.8 Å². The lowest BCUT2D eigenvalue weighted by molar-refractivity contribution is -0.125. The fourth-order valence-electron chi connectivity index (χ4n) is 3.30. The summed E-state index contributed by atoms with van der Waals surface area (Å²) in [7, 11) is 0. The van der Waals surface area contributed by atoms with Crippen LogP contribution in [0.25, 0.3) is 0 Å². The van der Waals surface area contributed by atoms with Gasteiger partial charge in [0.1, 0.15) is 5.71 Å². The summed E-state index contributed by atoms with van der Waals surface area (Å²) in [6.45, 7) is 1.87. The maximum atomic E-state index is 12.5. The molecule has 19 heavy (non-hydrogen) atoms. The van der Waals surface area contributed by atoms with Crippen LogP contribution in [0, 0.1) is 0 Å². The number of hydrogen-bond donors (Lipinski definition) is 2. The van der Waals surface area contributed by atoms with Crippen LogP contribution < -0.4 is 10.7 Å². The highest BCUT2D eigenvalue weighted by Gasteiger charge is 2.37. The molecule has 3 heterocycles. The average molecular weight is 264 g/mol. The van der Waals surface area contributed by atoms with Crippen LogP contribution in [-0.4, -0.2) is 47.6 Å². The highest BCUT2D eigenvalue weighted by Crippen LogP contribution is 2.25. The predicted molar refractivity (Wildman–Crippen MR) is 70.6 cm³/mol. The van der Waals surface area contributed by atoms with Crippen LogP contribution in [0.5, 0.6) is 0 Å². The Morgan fingerprint density at radius 1 is 1.26 bits per heavy atom. The molecule has 0 saturated carbocycles. The van der Waals surface area contributed by atoms with Crippen molar-refractivity contribution in [2.45, 2.75) is 50.6 Å². The molecule has 6 heteroatoms. The SMILES string of the molecule is O=C1CCC(C(=O)N2CCCC2C2CCCN2)=NN1. The van der Waals surface area contributed by atoms with Crippen LogP contribution >= 0.6 is 0 Å². The number of likely N-dealkylation sites (tertiary alicyclic amines) is 1. The molecule has 2 fully saturated rings. The first-order chi connectivity index (χ1) is 9.25. The van der Waals surface area contributed by atoms with Gasteiger partial charge >= 0.3 is 0 Å². The van der Waals surface area contributed by atoms with Gasteiger partial charge in [-0.25, -0.2) is 5.43 Å². The lowest BCUT2D eigenvalue weighted by Gasteiger charge is -2.30. The highest BCUT2D eigenvalue weighted by atomic mass is 16.2. The van der Waals surface area contributed by atoms with Crippen LogP contribution in [0.4, 0.5) is 0 Å². The number of amides is 2. The first-order valence-electron chi connectivity index (χ1n) is 7.15. The molecule has 6 nitrogen and oxygen atoms in total. The molecule has 2 atom stereocenters. The van der Waals surface area contributed by atoms with E-state index in [1.807, 2.05) is 4.90 Å². The summed E-state index contributed by atoms with van der Waals surface area (Å²) >= 11 is 0. The van der Waals surface area contributed by atoms with Gasteiger partial charge in [-0.3, -0.25) is 9.59 Å². The maximum absolute atomic E-state index is 12.5. The summed E-state index contributed by atoms with van der Waals surface area (Å²) in [6, 6.07) is 0.737. The van der Waals surface area contributed by atoms with Gasteiger partial charge in [0.25, 0.3) is 5.91 Å². The Hall–Kier alpha value is -1.43. The van der Waals surface area contributed by atoms with E-state index in [1.54, 1.807) is 0 Å². The van der Waals surface area contributed by atoms with Gasteiger partial charge < -0.3 is 10.2 Å². The summed E-state index contributed by atoms with van der Waals surface area (Å²) < 4.78 is 0. The molecule has 2 saturated heterocycles. The zero-order valence-electron chi connectivity index (χ0n) is 11.0. The molecule has 0 aromatic carbocycles. The second-order valence-electron chi connectivity index (χ2n) is 5.50. The molecule has 3 aliphatic heterocycles.